The van der Waals surface area contributed by atoms with Crippen molar-refractivity contribution >= 4 is 33.4 Å². The molecule has 1 saturated heterocycles. The van der Waals surface area contributed by atoms with Crippen molar-refractivity contribution in [2.75, 3.05) is 45.3 Å². The summed E-state index contributed by atoms with van der Waals surface area (Å²) < 4.78 is 46.0. The average molecular weight is 742 g/mol. The van der Waals surface area contributed by atoms with Crippen LogP contribution in [0.3, 0.4) is 0 Å². The lowest BCUT2D eigenvalue weighted by atomic mass is 9.61. The number of alkyl halides is 1. The fraction of sp³-hybridized carbons (Fsp3) is 0.526. The number of piperidine rings is 1. The van der Waals surface area contributed by atoms with Gasteiger partial charge in [-0.05, 0) is 84.8 Å². The van der Waals surface area contributed by atoms with Crippen LogP contribution in [0.5, 0.6) is 5.88 Å². The number of nitrogens with zero attached hydrogens (tertiary/aromatic N) is 3. The standard InChI is InChI=1S/C38H48ClN3O8S/c1-5-38(4)19-18-31(23-33(38)28(2)24-39)29(3)25-42-20-12-13-30(26-42)27-49-35(44)17-11-16-34(43)47-21-9-10-22-48-36-37(41-50-40-36)51(45,46)32-14-7-6-8-15-32/h5-8,14-15,30-31,33H,1-3,11-13,16-27H2,4H3/t30?,31-,33+,38-/m1/s1. The van der Waals surface area contributed by atoms with Crippen LogP contribution in [-0.2, 0) is 28.9 Å². The van der Waals surface area contributed by atoms with Gasteiger partial charge in [-0.3, -0.25) is 14.5 Å². The maximum atomic E-state index is 12.7. The summed E-state index contributed by atoms with van der Waals surface area (Å²) in [5.74, 6) is 5.50. The minimum absolute atomic E-state index is 0.0121. The highest BCUT2D eigenvalue weighted by molar-refractivity contribution is 7.91. The zero-order valence-corrected chi connectivity index (χ0v) is 30.9. The van der Waals surface area contributed by atoms with Gasteiger partial charge < -0.3 is 14.2 Å². The summed E-state index contributed by atoms with van der Waals surface area (Å²) >= 11 is 6.19. The molecule has 1 aromatic heterocycles. The molecule has 4 rings (SSSR count). The Kier molecular flexibility index (Phi) is 14.9. The van der Waals surface area contributed by atoms with Gasteiger partial charge in [0.05, 0.1) is 11.5 Å². The lowest BCUT2D eigenvalue weighted by Gasteiger charge is -2.45. The molecule has 0 spiro atoms. The van der Waals surface area contributed by atoms with Crippen LogP contribution in [0, 0.1) is 35.0 Å². The number of hydrogen-bond acceptors (Lipinski definition) is 11. The van der Waals surface area contributed by atoms with E-state index in [2.05, 4.69) is 64.4 Å². The molecule has 2 fully saturated rings. The second-order valence-corrected chi connectivity index (χ2v) is 15.6. The third-order valence-electron chi connectivity index (χ3n) is 9.78. The summed E-state index contributed by atoms with van der Waals surface area (Å²) in [7, 11) is -3.98. The molecule has 13 heteroatoms. The number of carbonyl (C=O) groups is 2. The lowest BCUT2D eigenvalue weighted by Crippen LogP contribution is -2.40. The molecule has 4 atom stereocenters. The summed E-state index contributed by atoms with van der Waals surface area (Å²) in [6, 6.07) is 7.69. The number of halogens is 1. The second-order valence-electron chi connectivity index (χ2n) is 13.5. The first-order valence-electron chi connectivity index (χ1n) is 17.3. The highest BCUT2D eigenvalue weighted by atomic mass is 35.5. The molecule has 1 aliphatic carbocycles. The lowest BCUT2D eigenvalue weighted by molar-refractivity contribution is -0.146. The van der Waals surface area contributed by atoms with Crippen molar-refractivity contribution in [3.05, 3.63) is 67.3 Å². The summed E-state index contributed by atoms with van der Waals surface area (Å²) in [5.41, 5.74) is 2.32. The van der Waals surface area contributed by atoms with Crippen LogP contribution in [0.15, 0.2) is 81.8 Å². The van der Waals surface area contributed by atoms with Crippen molar-refractivity contribution in [3.63, 3.8) is 0 Å². The van der Waals surface area contributed by atoms with E-state index in [1.165, 1.54) is 17.7 Å². The molecule has 2 aromatic rings. The van der Waals surface area contributed by atoms with E-state index in [-0.39, 0.29) is 54.1 Å². The van der Waals surface area contributed by atoms with Gasteiger partial charge in [0, 0.05) is 37.7 Å². The normalized spacial score (nSPS) is 22.2. The van der Waals surface area contributed by atoms with E-state index in [1.54, 1.807) is 18.2 Å². The Hall–Kier alpha value is -3.92. The monoisotopic (exact) mass is 741 g/mol. The van der Waals surface area contributed by atoms with Crippen molar-refractivity contribution in [3.8, 4) is 17.7 Å². The Bertz CT molecular complexity index is 1700. The SMILES string of the molecule is C=C[C@]1(C)CC[C@@H](C(=C)CN2CCCC(COC(=O)CCCC(=O)OCC#CCOc3nonc3S(=O)(=O)c3ccccc3)C2)C[C@H]1C(=C)CCl. The summed E-state index contributed by atoms with van der Waals surface area (Å²) in [4.78, 5) is 26.9. The molecule has 11 nitrogen and oxygen atoms in total. The van der Waals surface area contributed by atoms with Crippen molar-refractivity contribution < 1.29 is 36.8 Å². The third-order valence-corrected chi connectivity index (χ3v) is 11.8. The quantitative estimate of drug-likeness (QED) is 0.0792. The maximum Gasteiger partial charge on any atom is 0.306 e. The predicted octanol–water partition coefficient (Wildman–Crippen LogP) is 6.21. The topological polar surface area (TPSA) is 138 Å². The zero-order valence-electron chi connectivity index (χ0n) is 29.3. The Labute approximate surface area is 306 Å². The Morgan fingerprint density at radius 3 is 2.53 bits per heavy atom. The van der Waals surface area contributed by atoms with Gasteiger partial charge in [0.1, 0.15) is 0 Å². The highest BCUT2D eigenvalue weighted by Crippen LogP contribution is 2.49. The second kappa shape index (κ2) is 19.1. The first-order valence-corrected chi connectivity index (χ1v) is 19.3. The van der Waals surface area contributed by atoms with Crippen LogP contribution in [0.2, 0.25) is 0 Å². The minimum atomic E-state index is -3.98. The molecule has 0 amide bonds. The van der Waals surface area contributed by atoms with E-state index < -0.39 is 20.8 Å². The zero-order chi connectivity index (χ0) is 36.9. The molecule has 1 aromatic carbocycles. The Morgan fingerprint density at radius 1 is 1.08 bits per heavy atom. The fourth-order valence-corrected chi connectivity index (χ4v) is 8.09. The molecule has 1 saturated carbocycles. The number of sulfone groups is 1. The third kappa shape index (κ3) is 11.3. The van der Waals surface area contributed by atoms with E-state index in [9.17, 15) is 18.0 Å². The number of rotatable bonds is 17. The van der Waals surface area contributed by atoms with Crippen molar-refractivity contribution in [2.24, 2.45) is 23.2 Å². The van der Waals surface area contributed by atoms with E-state index >= 15 is 0 Å². The first-order chi connectivity index (χ1) is 24.5. The van der Waals surface area contributed by atoms with Crippen molar-refractivity contribution in [1.82, 2.24) is 15.2 Å². The van der Waals surface area contributed by atoms with E-state index in [4.69, 9.17) is 25.8 Å². The number of carbonyl (C=O) groups excluding carboxylic acids is 2. The van der Waals surface area contributed by atoms with Gasteiger partial charge >= 0.3 is 11.9 Å². The van der Waals surface area contributed by atoms with E-state index in [0.717, 1.165) is 57.3 Å². The van der Waals surface area contributed by atoms with Crippen molar-refractivity contribution in [2.45, 2.75) is 68.2 Å². The van der Waals surface area contributed by atoms with Crippen LogP contribution in [0.4, 0.5) is 0 Å². The average Bonchev–Trinajstić information content (AvgIpc) is 3.62. The van der Waals surface area contributed by atoms with Crippen molar-refractivity contribution in [1.29, 1.82) is 0 Å². The summed E-state index contributed by atoms with van der Waals surface area (Å²) in [6.45, 7) is 17.7. The highest BCUT2D eigenvalue weighted by Gasteiger charge is 2.40. The minimum Gasteiger partial charge on any atom is -0.465 e. The molecule has 51 heavy (non-hydrogen) atoms. The van der Waals surface area contributed by atoms with Gasteiger partial charge in [-0.2, -0.15) is 0 Å². The molecule has 276 valence electrons. The van der Waals surface area contributed by atoms with E-state index in [0.29, 0.717) is 30.7 Å². The van der Waals surface area contributed by atoms with Crippen LogP contribution in [-0.4, -0.2) is 80.9 Å². The number of likely N-dealkylation sites (tertiary alicyclic amines) is 1. The summed E-state index contributed by atoms with van der Waals surface area (Å²) in [5, 5.41) is 6.49. The molecule has 2 aliphatic rings. The number of allylic oxidation sites excluding steroid dienone is 2. The van der Waals surface area contributed by atoms with Gasteiger partial charge in [0.25, 0.3) is 10.9 Å². The van der Waals surface area contributed by atoms with Gasteiger partial charge in [0.15, 0.2) is 13.2 Å². The number of esters is 2. The van der Waals surface area contributed by atoms with Gasteiger partial charge in [-0.1, -0.05) is 67.3 Å². The molecule has 0 radical (unpaired) electrons. The molecular weight excluding hydrogens is 694 g/mol. The van der Waals surface area contributed by atoms with Crippen LogP contribution in [0.1, 0.15) is 58.3 Å². The first kappa shape index (κ1) is 39.9. The number of ether oxygens (including phenoxy) is 3. The Balaban J connectivity index is 1.09. The number of hydrogen-bond donors (Lipinski definition) is 0. The Morgan fingerprint density at radius 2 is 1.80 bits per heavy atom. The van der Waals surface area contributed by atoms with Gasteiger partial charge in [0.2, 0.25) is 9.84 Å². The molecule has 0 bridgehead atoms. The molecule has 1 unspecified atom stereocenters. The number of aromatic nitrogens is 2. The molecular formula is C38H48ClN3O8S. The number of benzene rings is 1. The van der Waals surface area contributed by atoms with Crippen LogP contribution in [0.25, 0.3) is 0 Å². The fourth-order valence-electron chi connectivity index (χ4n) is 6.71. The summed E-state index contributed by atoms with van der Waals surface area (Å²) in [6.07, 6.45) is 7.67. The molecule has 0 N–H and O–H groups in total. The van der Waals surface area contributed by atoms with Gasteiger partial charge in [-0.25, -0.2) is 13.0 Å². The van der Waals surface area contributed by atoms with E-state index in [1.807, 2.05) is 0 Å². The van der Waals surface area contributed by atoms with Crippen LogP contribution >= 0.6 is 11.6 Å². The predicted molar refractivity (Wildman–Crippen MR) is 193 cm³/mol. The van der Waals surface area contributed by atoms with Crippen LogP contribution < -0.4 is 4.74 Å². The smallest absolute Gasteiger partial charge is 0.306 e. The molecule has 1 aliphatic heterocycles. The largest absolute Gasteiger partial charge is 0.465 e. The maximum absolute atomic E-state index is 12.7. The van der Waals surface area contributed by atoms with Gasteiger partial charge in [-0.15, -0.1) is 18.2 Å². The molecule has 2 heterocycles.